The lowest BCUT2D eigenvalue weighted by molar-refractivity contribution is -0.133. The Hall–Kier alpha value is -1.49. The first-order valence-electron chi connectivity index (χ1n) is 6.07. The molecule has 0 bridgehead atoms. The van der Waals surface area contributed by atoms with Gasteiger partial charge in [-0.2, -0.15) is 0 Å². The third-order valence-electron chi connectivity index (χ3n) is 3.22. The van der Waals surface area contributed by atoms with Crippen molar-refractivity contribution >= 4 is 5.91 Å². The summed E-state index contributed by atoms with van der Waals surface area (Å²) >= 11 is 0. The Morgan fingerprint density at radius 1 is 1.33 bits per heavy atom. The molecular weight excluding hydrogens is 238 g/mol. The van der Waals surface area contributed by atoms with Crippen LogP contribution in [0.4, 0.5) is 8.78 Å². The Kier molecular flexibility index (Phi) is 3.91. The number of benzene rings is 1. The second-order valence-corrected chi connectivity index (χ2v) is 4.55. The molecule has 5 heteroatoms. The maximum Gasteiger partial charge on any atom is 0.222 e. The van der Waals surface area contributed by atoms with Gasteiger partial charge in [0, 0.05) is 25.1 Å². The summed E-state index contributed by atoms with van der Waals surface area (Å²) in [6, 6.07) is 3.24. The molecule has 1 unspecified atom stereocenters. The Labute approximate surface area is 105 Å². The number of nitrogens with zero attached hydrogens (tertiary/aromatic N) is 1. The van der Waals surface area contributed by atoms with E-state index < -0.39 is 17.7 Å². The highest BCUT2D eigenvalue weighted by Crippen LogP contribution is 2.20. The van der Waals surface area contributed by atoms with Gasteiger partial charge in [0.1, 0.15) is 0 Å². The molecule has 0 radical (unpaired) electrons. The number of piperidine rings is 1. The van der Waals surface area contributed by atoms with Crippen LogP contribution in [-0.2, 0) is 4.79 Å². The molecular formula is C13H16F2N2O. The summed E-state index contributed by atoms with van der Waals surface area (Å²) in [5.74, 6) is -1.80. The summed E-state index contributed by atoms with van der Waals surface area (Å²) in [5.41, 5.74) is 5.98. The van der Waals surface area contributed by atoms with E-state index in [0.717, 1.165) is 18.9 Å². The molecule has 1 amide bonds. The van der Waals surface area contributed by atoms with E-state index in [1.165, 1.54) is 12.1 Å². The van der Waals surface area contributed by atoms with Gasteiger partial charge in [0.15, 0.2) is 11.6 Å². The lowest BCUT2D eigenvalue weighted by Crippen LogP contribution is -2.40. The molecule has 0 aromatic heterocycles. The predicted octanol–water partition coefficient (Wildman–Crippen LogP) is 1.98. The van der Waals surface area contributed by atoms with Crippen molar-refractivity contribution < 1.29 is 13.6 Å². The van der Waals surface area contributed by atoms with Crippen molar-refractivity contribution in [2.45, 2.75) is 25.3 Å². The van der Waals surface area contributed by atoms with E-state index in [2.05, 4.69) is 0 Å². The third-order valence-corrected chi connectivity index (χ3v) is 3.22. The zero-order valence-electron chi connectivity index (χ0n) is 10.0. The van der Waals surface area contributed by atoms with Crippen molar-refractivity contribution in [2.75, 3.05) is 13.1 Å². The van der Waals surface area contributed by atoms with E-state index >= 15 is 0 Å². The Morgan fingerprint density at radius 3 is 2.83 bits per heavy atom. The fourth-order valence-corrected chi connectivity index (χ4v) is 2.20. The number of amides is 1. The largest absolute Gasteiger partial charge is 0.341 e. The van der Waals surface area contributed by atoms with E-state index in [4.69, 9.17) is 5.73 Å². The van der Waals surface area contributed by atoms with E-state index in [-0.39, 0.29) is 18.0 Å². The van der Waals surface area contributed by atoms with Gasteiger partial charge in [0.25, 0.3) is 0 Å². The van der Waals surface area contributed by atoms with Crippen molar-refractivity contribution in [1.29, 1.82) is 0 Å². The number of hydrogen-bond donors (Lipinski definition) is 1. The summed E-state index contributed by atoms with van der Waals surface area (Å²) in [6.45, 7) is 0.878. The number of carbonyl (C=O) groups excluding carboxylic acids is 1. The summed E-state index contributed by atoms with van der Waals surface area (Å²) in [4.78, 5) is 13.2. The number of halogens is 2. The third kappa shape index (κ3) is 2.67. The van der Waals surface area contributed by atoms with Crippen LogP contribution in [0.15, 0.2) is 18.2 Å². The number of likely N-dealkylation sites (tertiary alicyclic amines) is 1. The highest BCUT2D eigenvalue weighted by Gasteiger charge is 2.22. The lowest BCUT2D eigenvalue weighted by atomic mass is 10.0. The van der Waals surface area contributed by atoms with Gasteiger partial charge in [-0.3, -0.25) is 4.79 Å². The average molecular weight is 254 g/mol. The molecule has 1 heterocycles. The van der Waals surface area contributed by atoms with Crippen LogP contribution in [0.1, 0.15) is 30.9 Å². The molecule has 1 fully saturated rings. The highest BCUT2D eigenvalue weighted by molar-refractivity contribution is 5.76. The molecule has 1 aromatic rings. The molecule has 98 valence electrons. The maximum atomic E-state index is 13.5. The van der Waals surface area contributed by atoms with Crippen molar-refractivity contribution in [3.63, 3.8) is 0 Å². The minimum atomic E-state index is -0.922. The average Bonchev–Trinajstić information content (AvgIpc) is 2.35. The molecule has 1 saturated heterocycles. The number of nitrogens with two attached hydrogens (primary N) is 1. The molecule has 1 atom stereocenters. The normalized spacial score (nSPS) is 17.9. The second kappa shape index (κ2) is 5.44. The van der Waals surface area contributed by atoms with Crippen molar-refractivity contribution in [3.8, 4) is 0 Å². The number of hydrogen-bond acceptors (Lipinski definition) is 2. The SMILES string of the molecule is NC(CN1CCCCC1=O)c1cccc(F)c1F. The Balaban J connectivity index is 2.09. The van der Waals surface area contributed by atoms with Crippen LogP contribution < -0.4 is 5.73 Å². The summed E-state index contributed by atoms with van der Waals surface area (Å²) in [5, 5.41) is 0. The fraction of sp³-hybridized carbons (Fsp3) is 0.462. The van der Waals surface area contributed by atoms with E-state index in [1.54, 1.807) is 4.90 Å². The summed E-state index contributed by atoms with van der Waals surface area (Å²) in [7, 11) is 0. The molecule has 0 spiro atoms. The van der Waals surface area contributed by atoms with E-state index in [0.29, 0.717) is 13.0 Å². The lowest BCUT2D eigenvalue weighted by Gasteiger charge is -2.29. The first-order valence-corrected chi connectivity index (χ1v) is 6.07. The van der Waals surface area contributed by atoms with Gasteiger partial charge in [-0.05, 0) is 18.9 Å². The molecule has 18 heavy (non-hydrogen) atoms. The van der Waals surface area contributed by atoms with Crippen LogP contribution in [-0.4, -0.2) is 23.9 Å². The van der Waals surface area contributed by atoms with Gasteiger partial charge >= 0.3 is 0 Å². The predicted molar refractivity (Wildman–Crippen MR) is 63.7 cm³/mol. The second-order valence-electron chi connectivity index (χ2n) is 4.55. The molecule has 0 aliphatic carbocycles. The van der Waals surface area contributed by atoms with Gasteiger partial charge in [0.2, 0.25) is 5.91 Å². The Bertz CT molecular complexity index is 451. The van der Waals surface area contributed by atoms with Crippen LogP contribution in [0.3, 0.4) is 0 Å². The van der Waals surface area contributed by atoms with Gasteiger partial charge in [-0.15, -0.1) is 0 Å². The first-order chi connectivity index (χ1) is 8.59. The summed E-state index contributed by atoms with van der Waals surface area (Å²) < 4.78 is 26.6. The zero-order chi connectivity index (χ0) is 13.1. The van der Waals surface area contributed by atoms with Gasteiger partial charge in [-0.1, -0.05) is 12.1 Å². The minimum Gasteiger partial charge on any atom is -0.341 e. The topological polar surface area (TPSA) is 46.3 Å². The summed E-state index contributed by atoms with van der Waals surface area (Å²) in [6.07, 6.45) is 2.33. The molecule has 1 aliphatic rings. The maximum absolute atomic E-state index is 13.5. The fourth-order valence-electron chi connectivity index (χ4n) is 2.20. The smallest absolute Gasteiger partial charge is 0.222 e. The zero-order valence-corrected chi connectivity index (χ0v) is 10.0. The monoisotopic (exact) mass is 254 g/mol. The van der Waals surface area contributed by atoms with Crippen LogP contribution in [0.25, 0.3) is 0 Å². The van der Waals surface area contributed by atoms with Crippen LogP contribution >= 0.6 is 0 Å². The van der Waals surface area contributed by atoms with Crippen LogP contribution in [0, 0.1) is 11.6 Å². The van der Waals surface area contributed by atoms with Gasteiger partial charge < -0.3 is 10.6 Å². The molecule has 1 aliphatic heterocycles. The first kappa shape index (κ1) is 13.0. The van der Waals surface area contributed by atoms with Crippen molar-refractivity contribution in [1.82, 2.24) is 4.90 Å². The van der Waals surface area contributed by atoms with Crippen molar-refractivity contribution in [3.05, 3.63) is 35.4 Å². The number of carbonyl (C=O) groups is 1. The Morgan fingerprint density at radius 2 is 2.11 bits per heavy atom. The van der Waals surface area contributed by atoms with Crippen molar-refractivity contribution in [2.24, 2.45) is 5.73 Å². The molecule has 1 aromatic carbocycles. The van der Waals surface area contributed by atoms with Crippen LogP contribution in [0.5, 0.6) is 0 Å². The molecule has 3 nitrogen and oxygen atoms in total. The highest BCUT2D eigenvalue weighted by atomic mass is 19.2. The standard InChI is InChI=1S/C13H16F2N2O/c14-10-5-3-4-9(13(10)15)11(16)8-17-7-2-1-6-12(17)18/h3-5,11H,1-2,6-8,16H2. The minimum absolute atomic E-state index is 0.0357. The van der Waals surface area contributed by atoms with E-state index in [9.17, 15) is 13.6 Å². The number of rotatable bonds is 3. The molecule has 2 N–H and O–H groups in total. The quantitative estimate of drug-likeness (QED) is 0.896. The molecule has 2 rings (SSSR count). The van der Waals surface area contributed by atoms with Crippen LogP contribution in [0.2, 0.25) is 0 Å². The molecule has 0 saturated carbocycles. The van der Waals surface area contributed by atoms with Gasteiger partial charge in [-0.25, -0.2) is 8.78 Å². The van der Waals surface area contributed by atoms with Gasteiger partial charge in [0.05, 0.1) is 6.04 Å². The van der Waals surface area contributed by atoms with E-state index in [1.807, 2.05) is 0 Å².